The molecule has 1 fully saturated rings. The van der Waals surface area contributed by atoms with Crippen LogP contribution in [0.4, 0.5) is 0 Å². The number of hydrogen-bond donors (Lipinski definition) is 0. The second-order valence-electron chi connectivity index (χ2n) is 7.19. The molecule has 1 nitrogen and oxygen atoms in total. The third kappa shape index (κ3) is 2.83. The average Bonchev–Trinajstić information content (AvgIpc) is 2.48. The largest absolute Gasteiger partial charge is 0.296 e. The van der Waals surface area contributed by atoms with Gasteiger partial charge in [-0.2, -0.15) is 0 Å². The summed E-state index contributed by atoms with van der Waals surface area (Å²) >= 11 is 0. The Kier molecular flexibility index (Phi) is 3.75. The molecule has 22 heavy (non-hydrogen) atoms. The number of hydrogen-bond acceptors (Lipinski definition) is 1. The van der Waals surface area contributed by atoms with Crippen LogP contribution in [-0.4, -0.2) is 17.5 Å². The van der Waals surface area contributed by atoms with E-state index >= 15 is 0 Å². The molecule has 114 valence electrons. The molecule has 3 aliphatic rings. The smallest absolute Gasteiger partial charge is 0.0237 e. The van der Waals surface area contributed by atoms with Crippen molar-refractivity contribution < 1.29 is 0 Å². The van der Waals surface area contributed by atoms with Gasteiger partial charge < -0.3 is 0 Å². The Hall–Kier alpha value is -1.60. The Labute approximate surface area is 134 Å². The highest BCUT2D eigenvalue weighted by atomic mass is 15.2. The minimum atomic E-state index is 0.721. The molecule has 2 heterocycles. The fourth-order valence-corrected chi connectivity index (χ4v) is 4.34. The van der Waals surface area contributed by atoms with E-state index < -0.39 is 0 Å². The summed E-state index contributed by atoms with van der Waals surface area (Å²) < 4.78 is 0. The Morgan fingerprint density at radius 2 is 1.77 bits per heavy atom. The molecule has 0 aromatic heterocycles. The number of aryl methyl sites for hydroxylation is 1. The SMILES string of the molecule is Cc1cccc(CN2CC3CCC2Cc2ccccc2C3)c1. The van der Waals surface area contributed by atoms with Crippen LogP contribution in [-0.2, 0) is 19.4 Å². The van der Waals surface area contributed by atoms with Crippen molar-refractivity contribution in [2.45, 2.75) is 45.2 Å². The zero-order chi connectivity index (χ0) is 14.9. The lowest BCUT2D eigenvalue weighted by molar-refractivity contribution is 0.0938. The third-order valence-corrected chi connectivity index (χ3v) is 5.47. The lowest BCUT2D eigenvalue weighted by Gasteiger charge is -2.42. The van der Waals surface area contributed by atoms with Gasteiger partial charge >= 0.3 is 0 Å². The molecule has 0 spiro atoms. The maximum atomic E-state index is 2.75. The molecule has 1 aliphatic carbocycles. The van der Waals surface area contributed by atoms with Crippen molar-refractivity contribution in [1.29, 1.82) is 0 Å². The predicted octanol–water partition coefficient (Wildman–Crippen LogP) is 4.37. The van der Waals surface area contributed by atoms with E-state index in [0.717, 1.165) is 18.5 Å². The number of fused-ring (bicyclic) bond motifs is 2. The van der Waals surface area contributed by atoms with E-state index in [4.69, 9.17) is 0 Å². The summed E-state index contributed by atoms with van der Waals surface area (Å²) in [6.45, 7) is 4.58. The Balaban J connectivity index is 1.58. The van der Waals surface area contributed by atoms with Crippen molar-refractivity contribution in [3.05, 3.63) is 70.8 Å². The van der Waals surface area contributed by atoms with E-state index in [0.29, 0.717) is 0 Å². The maximum absolute atomic E-state index is 2.75. The fourth-order valence-electron chi connectivity index (χ4n) is 4.34. The van der Waals surface area contributed by atoms with Gasteiger partial charge in [0.1, 0.15) is 0 Å². The van der Waals surface area contributed by atoms with Crippen LogP contribution in [0.3, 0.4) is 0 Å². The molecule has 2 aliphatic heterocycles. The lowest BCUT2D eigenvalue weighted by atomic mass is 9.80. The van der Waals surface area contributed by atoms with E-state index in [1.165, 1.54) is 43.4 Å². The quantitative estimate of drug-likeness (QED) is 0.794. The van der Waals surface area contributed by atoms with Crippen molar-refractivity contribution >= 4 is 0 Å². The van der Waals surface area contributed by atoms with Crippen LogP contribution in [0.15, 0.2) is 48.5 Å². The van der Waals surface area contributed by atoms with E-state index in [-0.39, 0.29) is 0 Å². The number of benzene rings is 2. The van der Waals surface area contributed by atoms with Crippen molar-refractivity contribution in [2.75, 3.05) is 6.54 Å². The molecule has 2 bridgehead atoms. The third-order valence-electron chi connectivity index (χ3n) is 5.47. The van der Waals surface area contributed by atoms with Crippen LogP contribution >= 0.6 is 0 Å². The Morgan fingerprint density at radius 3 is 2.59 bits per heavy atom. The van der Waals surface area contributed by atoms with Gasteiger partial charge in [0.2, 0.25) is 0 Å². The molecule has 1 heteroatoms. The van der Waals surface area contributed by atoms with Gasteiger partial charge in [0, 0.05) is 19.1 Å². The predicted molar refractivity (Wildman–Crippen MR) is 92.0 cm³/mol. The van der Waals surface area contributed by atoms with Gasteiger partial charge in [-0.05, 0) is 55.2 Å². The molecule has 2 atom stereocenters. The highest BCUT2D eigenvalue weighted by molar-refractivity contribution is 5.30. The van der Waals surface area contributed by atoms with Gasteiger partial charge in [-0.3, -0.25) is 4.90 Å². The first kappa shape index (κ1) is 14.0. The zero-order valence-corrected chi connectivity index (χ0v) is 13.5. The minimum Gasteiger partial charge on any atom is -0.296 e. The standard InChI is InChI=1S/C21H25N/c1-16-5-4-6-17(11-16)14-22-15-18-9-10-21(22)13-20-8-3-2-7-19(20)12-18/h2-8,11,18,21H,9-10,12-15H2,1H3. The summed E-state index contributed by atoms with van der Waals surface area (Å²) in [5, 5.41) is 0. The maximum Gasteiger partial charge on any atom is 0.0237 e. The number of rotatable bonds is 2. The molecule has 2 unspecified atom stereocenters. The van der Waals surface area contributed by atoms with E-state index in [2.05, 4.69) is 60.4 Å². The average molecular weight is 291 g/mol. The van der Waals surface area contributed by atoms with Gasteiger partial charge in [0.25, 0.3) is 0 Å². The summed E-state index contributed by atoms with van der Waals surface area (Å²) in [4.78, 5) is 2.75. The van der Waals surface area contributed by atoms with Crippen LogP contribution in [0, 0.1) is 12.8 Å². The van der Waals surface area contributed by atoms with Gasteiger partial charge in [-0.1, -0.05) is 54.1 Å². The first-order valence-corrected chi connectivity index (χ1v) is 8.64. The molecule has 0 amide bonds. The van der Waals surface area contributed by atoms with Gasteiger partial charge in [0.15, 0.2) is 0 Å². The van der Waals surface area contributed by atoms with Gasteiger partial charge in [-0.15, -0.1) is 0 Å². The summed E-state index contributed by atoms with van der Waals surface area (Å²) in [6.07, 6.45) is 5.27. The highest BCUT2D eigenvalue weighted by Crippen LogP contribution is 2.33. The van der Waals surface area contributed by atoms with E-state index in [9.17, 15) is 0 Å². The molecule has 5 rings (SSSR count). The Bertz CT molecular complexity index is 660. The minimum absolute atomic E-state index is 0.721. The van der Waals surface area contributed by atoms with Crippen LogP contribution in [0.1, 0.15) is 35.1 Å². The molecular weight excluding hydrogens is 266 g/mol. The highest BCUT2D eigenvalue weighted by Gasteiger charge is 2.31. The van der Waals surface area contributed by atoms with Gasteiger partial charge in [0.05, 0.1) is 0 Å². The summed E-state index contributed by atoms with van der Waals surface area (Å²) in [5.41, 5.74) is 6.04. The van der Waals surface area contributed by atoms with Crippen molar-refractivity contribution in [3.63, 3.8) is 0 Å². The normalized spacial score (nSPS) is 24.6. The molecule has 0 N–H and O–H groups in total. The molecular formula is C21H25N. The fraction of sp³-hybridized carbons (Fsp3) is 0.429. The summed E-state index contributed by atoms with van der Waals surface area (Å²) in [6, 6.07) is 18.9. The van der Waals surface area contributed by atoms with Crippen molar-refractivity contribution in [2.24, 2.45) is 5.92 Å². The molecule has 2 aromatic carbocycles. The second kappa shape index (κ2) is 5.89. The van der Waals surface area contributed by atoms with Crippen LogP contribution in [0.25, 0.3) is 0 Å². The lowest BCUT2D eigenvalue weighted by Crippen LogP contribution is -2.46. The van der Waals surface area contributed by atoms with Crippen LogP contribution in [0.5, 0.6) is 0 Å². The summed E-state index contributed by atoms with van der Waals surface area (Å²) in [7, 11) is 0. The second-order valence-corrected chi connectivity index (χ2v) is 7.19. The zero-order valence-electron chi connectivity index (χ0n) is 13.5. The molecule has 0 saturated carbocycles. The van der Waals surface area contributed by atoms with Gasteiger partial charge in [-0.25, -0.2) is 0 Å². The topological polar surface area (TPSA) is 3.24 Å². The van der Waals surface area contributed by atoms with E-state index in [1.54, 1.807) is 11.1 Å². The first-order valence-electron chi connectivity index (χ1n) is 8.64. The Morgan fingerprint density at radius 1 is 0.955 bits per heavy atom. The number of piperidine rings is 1. The molecule has 0 radical (unpaired) electrons. The number of nitrogens with zero attached hydrogens (tertiary/aromatic N) is 1. The van der Waals surface area contributed by atoms with Crippen molar-refractivity contribution in [1.82, 2.24) is 4.90 Å². The molecule has 2 aromatic rings. The van der Waals surface area contributed by atoms with Crippen LogP contribution in [0.2, 0.25) is 0 Å². The summed E-state index contributed by atoms with van der Waals surface area (Å²) in [5.74, 6) is 0.836. The molecule has 1 saturated heterocycles. The van der Waals surface area contributed by atoms with E-state index in [1.807, 2.05) is 0 Å². The van der Waals surface area contributed by atoms with Crippen molar-refractivity contribution in [3.8, 4) is 0 Å². The van der Waals surface area contributed by atoms with Crippen LogP contribution < -0.4 is 0 Å². The first-order chi connectivity index (χ1) is 10.8. The monoisotopic (exact) mass is 291 g/mol.